The molecule has 2 aliphatic heterocycles. The van der Waals surface area contributed by atoms with Gasteiger partial charge in [-0.05, 0) is 30.3 Å². The van der Waals surface area contributed by atoms with E-state index in [0.29, 0.717) is 45.3 Å². The lowest BCUT2D eigenvalue weighted by Gasteiger charge is -2.36. The Bertz CT molecular complexity index is 1300. The summed E-state index contributed by atoms with van der Waals surface area (Å²) in [6.45, 7) is 6.99. The molecular weight excluding hydrogens is 448 g/mol. The van der Waals surface area contributed by atoms with Gasteiger partial charge in [0.1, 0.15) is 23.0 Å². The van der Waals surface area contributed by atoms with E-state index >= 15 is 0 Å². The third kappa shape index (κ3) is 3.64. The molecule has 0 amide bonds. The largest absolute Gasteiger partial charge is 0.456 e. The lowest BCUT2D eigenvalue weighted by molar-refractivity contribution is -0.138. The van der Waals surface area contributed by atoms with Crippen molar-refractivity contribution < 1.29 is 33.3 Å². The molecule has 7 heteroatoms. The lowest BCUT2D eigenvalue weighted by Crippen LogP contribution is -2.33. The third-order valence-electron chi connectivity index (χ3n) is 6.04. The van der Waals surface area contributed by atoms with Crippen LogP contribution >= 0.6 is 0 Å². The molecule has 1 spiro atoms. The van der Waals surface area contributed by atoms with Crippen molar-refractivity contribution in [1.29, 1.82) is 0 Å². The number of benzene rings is 3. The third-order valence-corrected chi connectivity index (χ3v) is 6.04. The smallest absolute Gasteiger partial charge is 0.340 e. The fourth-order valence-electron chi connectivity index (χ4n) is 4.23. The van der Waals surface area contributed by atoms with Crippen LogP contribution in [0.4, 0.5) is 0 Å². The summed E-state index contributed by atoms with van der Waals surface area (Å²) in [5, 5.41) is 0. The number of fused-ring (bicyclic) bond motifs is 6. The normalized spacial score (nSPS) is 14.6. The van der Waals surface area contributed by atoms with Gasteiger partial charge in [0.2, 0.25) is 0 Å². The van der Waals surface area contributed by atoms with Gasteiger partial charge in [-0.2, -0.15) is 0 Å². The summed E-state index contributed by atoms with van der Waals surface area (Å²) in [5.41, 5.74) is 1.06. The van der Waals surface area contributed by atoms with Gasteiger partial charge in [0.15, 0.2) is 5.60 Å². The first kappa shape index (κ1) is 22.7. The van der Waals surface area contributed by atoms with Gasteiger partial charge >= 0.3 is 17.9 Å². The predicted molar refractivity (Wildman–Crippen MR) is 126 cm³/mol. The maximum atomic E-state index is 12.9. The SMILES string of the molecule is CC(C)C(=O)Oc1ccc2c(c1)Oc1cc(OC(=O)C(C)C)ccc1C21OC(=O)c2ccccc21. The summed E-state index contributed by atoms with van der Waals surface area (Å²) < 4.78 is 23.3. The molecule has 2 heterocycles. The molecule has 0 saturated heterocycles. The number of carbonyl (C=O) groups excluding carboxylic acids is 3. The molecule has 0 N–H and O–H groups in total. The zero-order valence-electron chi connectivity index (χ0n) is 19.8. The first-order chi connectivity index (χ1) is 16.7. The number of ether oxygens (including phenoxy) is 4. The van der Waals surface area contributed by atoms with E-state index in [2.05, 4.69) is 0 Å². The average Bonchev–Trinajstić information content (AvgIpc) is 3.11. The number of hydrogen-bond acceptors (Lipinski definition) is 7. The number of carbonyl (C=O) groups is 3. The van der Waals surface area contributed by atoms with E-state index in [0.717, 1.165) is 0 Å². The molecule has 3 aromatic rings. The summed E-state index contributed by atoms with van der Waals surface area (Å²) in [4.78, 5) is 37.2. The Balaban J connectivity index is 1.68. The van der Waals surface area contributed by atoms with Crippen molar-refractivity contribution in [3.8, 4) is 23.0 Å². The van der Waals surface area contributed by atoms with Crippen molar-refractivity contribution in [2.45, 2.75) is 33.3 Å². The quantitative estimate of drug-likeness (QED) is 0.372. The van der Waals surface area contributed by atoms with Crippen LogP contribution in [0.2, 0.25) is 0 Å². The van der Waals surface area contributed by atoms with E-state index in [4.69, 9.17) is 18.9 Å². The Hall–Kier alpha value is -4.13. The van der Waals surface area contributed by atoms with E-state index in [1.165, 1.54) is 0 Å². The molecule has 0 saturated carbocycles. The van der Waals surface area contributed by atoms with Crippen LogP contribution < -0.4 is 14.2 Å². The second kappa shape index (κ2) is 8.27. The summed E-state index contributed by atoms with van der Waals surface area (Å²) in [7, 11) is 0. The Morgan fingerprint density at radius 1 is 0.743 bits per heavy atom. The molecule has 0 bridgehead atoms. The number of rotatable bonds is 4. The van der Waals surface area contributed by atoms with E-state index < -0.39 is 11.6 Å². The Morgan fingerprint density at radius 2 is 1.26 bits per heavy atom. The first-order valence-corrected chi connectivity index (χ1v) is 11.4. The van der Waals surface area contributed by atoms with Crippen LogP contribution in [0.5, 0.6) is 23.0 Å². The molecule has 2 aliphatic rings. The molecule has 0 aromatic heterocycles. The van der Waals surface area contributed by atoms with Crippen LogP contribution in [0.15, 0.2) is 60.7 Å². The van der Waals surface area contributed by atoms with Gasteiger partial charge < -0.3 is 18.9 Å². The van der Waals surface area contributed by atoms with Crippen molar-refractivity contribution >= 4 is 17.9 Å². The standard InChI is InChI=1S/C28H24O7/c1-15(2)25(29)32-17-9-11-21-23(13-17)34-24-14-18(33-26(30)16(3)4)10-12-22(24)28(21)20-8-6-5-7-19(20)27(31)35-28/h5-16H,1-4H3. The van der Waals surface area contributed by atoms with E-state index in [1.54, 1.807) is 76.2 Å². The van der Waals surface area contributed by atoms with Crippen LogP contribution in [0, 0.1) is 11.8 Å². The highest BCUT2D eigenvalue weighted by Crippen LogP contribution is 2.57. The zero-order chi connectivity index (χ0) is 24.9. The molecular formula is C28H24O7. The Kier molecular flexibility index (Phi) is 5.35. The van der Waals surface area contributed by atoms with Crippen LogP contribution in [-0.2, 0) is 19.9 Å². The summed E-state index contributed by atoms with van der Waals surface area (Å²) in [6, 6.07) is 17.2. The van der Waals surface area contributed by atoms with E-state index in [-0.39, 0.29) is 23.8 Å². The van der Waals surface area contributed by atoms with Crippen LogP contribution in [0.1, 0.15) is 54.7 Å². The molecule has 0 aliphatic carbocycles. The maximum Gasteiger partial charge on any atom is 0.340 e. The van der Waals surface area contributed by atoms with Crippen LogP contribution in [0.3, 0.4) is 0 Å². The molecule has 3 aromatic carbocycles. The topological polar surface area (TPSA) is 88.1 Å². The second-order valence-corrected chi connectivity index (χ2v) is 9.19. The average molecular weight is 472 g/mol. The van der Waals surface area contributed by atoms with Crippen LogP contribution in [-0.4, -0.2) is 17.9 Å². The van der Waals surface area contributed by atoms with Crippen LogP contribution in [0.25, 0.3) is 0 Å². The minimum absolute atomic E-state index is 0.306. The fourth-order valence-corrected chi connectivity index (χ4v) is 4.23. The predicted octanol–water partition coefficient (Wildman–Crippen LogP) is 5.38. The van der Waals surface area contributed by atoms with Gasteiger partial charge in [-0.1, -0.05) is 45.9 Å². The van der Waals surface area contributed by atoms with Crippen molar-refractivity contribution in [2.24, 2.45) is 11.8 Å². The lowest BCUT2D eigenvalue weighted by atomic mass is 9.77. The second-order valence-electron chi connectivity index (χ2n) is 9.19. The molecule has 35 heavy (non-hydrogen) atoms. The highest BCUT2D eigenvalue weighted by atomic mass is 16.6. The van der Waals surface area contributed by atoms with Gasteiger partial charge in [0, 0.05) is 28.8 Å². The molecule has 178 valence electrons. The van der Waals surface area contributed by atoms with Gasteiger partial charge in [-0.15, -0.1) is 0 Å². The van der Waals surface area contributed by atoms with Gasteiger partial charge in [-0.25, -0.2) is 4.79 Å². The summed E-state index contributed by atoms with van der Waals surface area (Å²) in [5.74, 6) is -0.480. The molecule has 0 fully saturated rings. The Morgan fingerprint density at radius 3 is 1.77 bits per heavy atom. The molecule has 0 atom stereocenters. The summed E-state index contributed by atoms with van der Waals surface area (Å²) >= 11 is 0. The van der Waals surface area contributed by atoms with E-state index in [1.807, 2.05) is 12.1 Å². The van der Waals surface area contributed by atoms with Crippen molar-refractivity contribution in [2.75, 3.05) is 0 Å². The zero-order valence-corrected chi connectivity index (χ0v) is 19.8. The maximum absolute atomic E-state index is 12.9. The molecule has 0 unspecified atom stereocenters. The molecule has 7 nitrogen and oxygen atoms in total. The Labute approximate surface area is 202 Å². The number of hydrogen-bond donors (Lipinski definition) is 0. The molecule has 0 radical (unpaired) electrons. The van der Waals surface area contributed by atoms with Crippen molar-refractivity contribution in [3.05, 3.63) is 82.9 Å². The first-order valence-electron chi connectivity index (χ1n) is 11.4. The fraction of sp³-hybridized carbons (Fsp3) is 0.250. The van der Waals surface area contributed by atoms with Gasteiger partial charge in [0.25, 0.3) is 0 Å². The van der Waals surface area contributed by atoms with Gasteiger partial charge in [0.05, 0.1) is 17.4 Å². The minimum atomic E-state index is -1.27. The van der Waals surface area contributed by atoms with E-state index in [9.17, 15) is 14.4 Å². The minimum Gasteiger partial charge on any atom is -0.456 e. The monoisotopic (exact) mass is 472 g/mol. The van der Waals surface area contributed by atoms with Crippen molar-refractivity contribution in [3.63, 3.8) is 0 Å². The highest BCUT2D eigenvalue weighted by Gasteiger charge is 2.53. The highest BCUT2D eigenvalue weighted by molar-refractivity contribution is 5.97. The van der Waals surface area contributed by atoms with Crippen molar-refractivity contribution in [1.82, 2.24) is 0 Å². The summed E-state index contributed by atoms with van der Waals surface area (Å²) in [6.07, 6.45) is 0. The molecule has 5 rings (SSSR count). The van der Waals surface area contributed by atoms with Gasteiger partial charge in [-0.3, -0.25) is 9.59 Å². The number of esters is 3.